The summed E-state index contributed by atoms with van der Waals surface area (Å²) in [5.74, 6) is 0.637. The predicted molar refractivity (Wildman–Crippen MR) is 75.1 cm³/mol. The number of benzene rings is 1. The lowest BCUT2D eigenvalue weighted by Gasteiger charge is -1.99. The highest BCUT2D eigenvalue weighted by Crippen LogP contribution is 2.23. The minimum atomic E-state index is -0.0604. The van der Waals surface area contributed by atoms with E-state index in [1.807, 2.05) is 36.4 Å². The number of thiophene rings is 1. The monoisotopic (exact) mass is 256 g/mol. The van der Waals surface area contributed by atoms with E-state index in [0.717, 1.165) is 16.8 Å². The van der Waals surface area contributed by atoms with Crippen LogP contribution in [0.25, 0.3) is 21.6 Å². The Morgan fingerprint density at radius 3 is 2.78 bits per heavy atom. The van der Waals surface area contributed by atoms with E-state index in [2.05, 4.69) is 16.9 Å². The molecule has 3 aromatic rings. The van der Waals surface area contributed by atoms with E-state index in [4.69, 9.17) is 0 Å². The fraction of sp³-hybridized carbons (Fsp3) is 0.143. The lowest BCUT2D eigenvalue weighted by molar-refractivity contribution is 1.18. The van der Waals surface area contributed by atoms with Gasteiger partial charge in [-0.15, -0.1) is 11.3 Å². The van der Waals surface area contributed by atoms with Crippen molar-refractivity contribution in [2.24, 2.45) is 0 Å². The van der Waals surface area contributed by atoms with Crippen molar-refractivity contribution < 1.29 is 0 Å². The molecule has 0 atom stereocenters. The Hall–Kier alpha value is -1.94. The van der Waals surface area contributed by atoms with Crippen LogP contribution in [0.3, 0.4) is 0 Å². The predicted octanol–water partition coefficient (Wildman–Crippen LogP) is 3.21. The molecule has 0 saturated carbocycles. The number of rotatable bonds is 2. The van der Waals surface area contributed by atoms with Crippen molar-refractivity contribution in [3.63, 3.8) is 0 Å². The molecule has 1 aromatic carbocycles. The SMILES string of the molecule is CCc1cc2c(=O)[nH]c(-c3ccccc3)nc2s1. The third kappa shape index (κ3) is 1.84. The van der Waals surface area contributed by atoms with Gasteiger partial charge in [0.2, 0.25) is 0 Å². The second kappa shape index (κ2) is 4.38. The molecule has 0 unspecified atom stereocenters. The standard InChI is InChI=1S/C14H12N2OS/c1-2-10-8-11-13(17)15-12(16-14(11)18-10)9-6-4-3-5-7-9/h3-8H,2H2,1H3,(H,15,16,17). The van der Waals surface area contributed by atoms with Crippen LogP contribution in [0.15, 0.2) is 41.2 Å². The maximum atomic E-state index is 12.0. The van der Waals surface area contributed by atoms with E-state index in [0.29, 0.717) is 11.2 Å². The number of H-pyrrole nitrogens is 1. The average Bonchev–Trinajstić information content (AvgIpc) is 2.83. The zero-order valence-corrected chi connectivity index (χ0v) is 10.8. The minimum Gasteiger partial charge on any atom is -0.306 e. The fourth-order valence-corrected chi connectivity index (χ4v) is 2.86. The number of hydrogen-bond donors (Lipinski definition) is 1. The van der Waals surface area contributed by atoms with E-state index in [-0.39, 0.29) is 5.56 Å². The lowest BCUT2D eigenvalue weighted by atomic mass is 10.2. The summed E-state index contributed by atoms with van der Waals surface area (Å²) in [6.45, 7) is 2.08. The Bertz CT molecular complexity index is 743. The Morgan fingerprint density at radius 2 is 2.06 bits per heavy atom. The van der Waals surface area contributed by atoms with Crippen molar-refractivity contribution in [1.82, 2.24) is 9.97 Å². The van der Waals surface area contributed by atoms with Crippen LogP contribution in [0.4, 0.5) is 0 Å². The molecule has 0 aliphatic carbocycles. The summed E-state index contributed by atoms with van der Waals surface area (Å²) < 4.78 is 0. The largest absolute Gasteiger partial charge is 0.306 e. The highest BCUT2D eigenvalue weighted by atomic mass is 32.1. The maximum absolute atomic E-state index is 12.0. The van der Waals surface area contributed by atoms with Gasteiger partial charge in [0, 0.05) is 10.4 Å². The van der Waals surface area contributed by atoms with Gasteiger partial charge in [-0.1, -0.05) is 37.3 Å². The van der Waals surface area contributed by atoms with Crippen molar-refractivity contribution in [3.05, 3.63) is 51.6 Å². The second-order valence-corrected chi connectivity index (χ2v) is 5.18. The summed E-state index contributed by atoms with van der Waals surface area (Å²) in [7, 11) is 0. The number of nitrogens with zero attached hydrogens (tertiary/aromatic N) is 1. The lowest BCUT2D eigenvalue weighted by Crippen LogP contribution is -2.07. The van der Waals surface area contributed by atoms with E-state index in [1.54, 1.807) is 11.3 Å². The summed E-state index contributed by atoms with van der Waals surface area (Å²) in [6.07, 6.45) is 0.932. The summed E-state index contributed by atoms with van der Waals surface area (Å²) in [6, 6.07) is 11.6. The van der Waals surface area contributed by atoms with Crippen molar-refractivity contribution in [2.45, 2.75) is 13.3 Å². The highest BCUT2D eigenvalue weighted by molar-refractivity contribution is 7.18. The third-order valence-corrected chi connectivity index (χ3v) is 4.02. The quantitative estimate of drug-likeness (QED) is 0.765. The van der Waals surface area contributed by atoms with Crippen molar-refractivity contribution in [2.75, 3.05) is 0 Å². The zero-order valence-electron chi connectivity index (χ0n) is 9.93. The van der Waals surface area contributed by atoms with Crippen molar-refractivity contribution >= 4 is 21.6 Å². The first-order valence-electron chi connectivity index (χ1n) is 5.86. The molecule has 0 bridgehead atoms. The number of nitrogens with one attached hydrogen (secondary N) is 1. The van der Waals surface area contributed by atoms with Crippen LogP contribution in [0.1, 0.15) is 11.8 Å². The van der Waals surface area contributed by atoms with Gasteiger partial charge in [-0.3, -0.25) is 4.79 Å². The molecule has 0 saturated heterocycles. The Morgan fingerprint density at radius 1 is 1.28 bits per heavy atom. The van der Waals surface area contributed by atoms with Crippen LogP contribution in [0.2, 0.25) is 0 Å². The molecule has 1 N–H and O–H groups in total. The molecule has 18 heavy (non-hydrogen) atoms. The first kappa shape index (κ1) is 11.2. The Kier molecular flexibility index (Phi) is 2.72. The van der Waals surface area contributed by atoms with E-state index < -0.39 is 0 Å². The molecule has 3 rings (SSSR count). The van der Waals surface area contributed by atoms with Crippen LogP contribution in [-0.4, -0.2) is 9.97 Å². The van der Waals surface area contributed by atoms with E-state index in [9.17, 15) is 4.79 Å². The van der Waals surface area contributed by atoms with Crippen LogP contribution in [0, 0.1) is 0 Å². The van der Waals surface area contributed by atoms with Gasteiger partial charge in [-0.05, 0) is 12.5 Å². The molecule has 0 spiro atoms. The van der Waals surface area contributed by atoms with Crippen molar-refractivity contribution in [1.29, 1.82) is 0 Å². The number of fused-ring (bicyclic) bond motifs is 1. The van der Waals surface area contributed by atoms with Gasteiger partial charge in [0.1, 0.15) is 10.7 Å². The zero-order chi connectivity index (χ0) is 12.5. The van der Waals surface area contributed by atoms with Gasteiger partial charge in [0.05, 0.1) is 5.39 Å². The van der Waals surface area contributed by atoms with Crippen LogP contribution in [-0.2, 0) is 6.42 Å². The molecule has 2 heterocycles. The third-order valence-electron chi connectivity index (χ3n) is 2.85. The number of aryl methyl sites for hydroxylation is 1. The van der Waals surface area contributed by atoms with Gasteiger partial charge < -0.3 is 4.98 Å². The molecule has 4 heteroatoms. The summed E-state index contributed by atoms with van der Waals surface area (Å²) >= 11 is 1.59. The molecule has 0 amide bonds. The van der Waals surface area contributed by atoms with Crippen LogP contribution >= 0.6 is 11.3 Å². The molecule has 2 aromatic heterocycles. The first-order valence-corrected chi connectivity index (χ1v) is 6.67. The fourth-order valence-electron chi connectivity index (χ4n) is 1.89. The van der Waals surface area contributed by atoms with Gasteiger partial charge in [0.15, 0.2) is 0 Å². The number of aromatic nitrogens is 2. The first-order chi connectivity index (χ1) is 8.78. The number of aromatic amines is 1. The minimum absolute atomic E-state index is 0.0604. The maximum Gasteiger partial charge on any atom is 0.259 e. The van der Waals surface area contributed by atoms with Crippen LogP contribution in [0.5, 0.6) is 0 Å². The van der Waals surface area contributed by atoms with Gasteiger partial charge in [-0.25, -0.2) is 4.98 Å². The highest BCUT2D eigenvalue weighted by Gasteiger charge is 2.08. The molecular formula is C14H12N2OS. The Balaban J connectivity index is 2.24. The van der Waals surface area contributed by atoms with Crippen LogP contribution < -0.4 is 5.56 Å². The average molecular weight is 256 g/mol. The molecule has 0 fully saturated rings. The van der Waals surface area contributed by atoms with E-state index in [1.165, 1.54) is 4.88 Å². The number of hydrogen-bond acceptors (Lipinski definition) is 3. The Labute approximate surface area is 108 Å². The molecule has 0 aliphatic rings. The molecule has 0 aliphatic heterocycles. The van der Waals surface area contributed by atoms with Gasteiger partial charge >= 0.3 is 0 Å². The van der Waals surface area contributed by atoms with Gasteiger partial charge in [-0.2, -0.15) is 0 Å². The van der Waals surface area contributed by atoms with Gasteiger partial charge in [0.25, 0.3) is 5.56 Å². The van der Waals surface area contributed by atoms with E-state index >= 15 is 0 Å². The smallest absolute Gasteiger partial charge is 0.259 e. The molecule has 90 valence electrons. The molecule has 0 radical (unpaired) electrons. The topological polar surface area (TPSA) is 45.8 Å². The normalized spacial score (nSPS) is 10.9. The second-order valence-electron chi connectivity index (χ2n) is 4.07. The summed E-state index contributed by atoms with van der Waals surface area (Å²) in [4.78, 5) is 21.4. The van der Waals surface area contributed by atoms with Crippen molar-refractivity contribution in [3.8, 4) is 11.4 Å². The summed E-state index contributed by atoms with van der Waals surface area (Å²) in [5, 5.41) is 0.691. The molecule has 3 nitrogen and oxygen atoms in total. The molecular weight excluding hydrogens is 244 g/mol. The summed E-state index contributed by atoms with van der Waals surface area (Å²) in [5.41, 5.74) is 0.873.